The van der Waals surface area contributed by atoms with Gasteiger partial charge in [0.25, 0.3) is 0 Å². The van der Waals surface area contributed by atoms with Crippen LogP contribution in [-0.4, -0.2) is 24.0 Å². The molecule has 0 radical (unpaired) electrons. The second-order valence-electron chi connectivity index (χ2n) is 5.13. The van der Waals surface area contributed by atoms with Gasteiger partial charge in [-0.15, -0.1) is 0 Å². The van der Waals surface area contributed by atoms with Gasteiger partial charge in [0.15, 0.2) is 0 Å². The minimum absolute atomic E-state index is 0.652. The third-order valence-corrected chi connectivity index (χ3v) is 4.06. The Balaban J connectivity index is 1.95. The molecule has 1 heteroatoms. The highest BCUT2D eigenvalue weighted by Gasteiger charge is 2.44. The number of hydrogen-bond donors (Lipinski definition) is 0. The van der Waals surface area contributed by atoms with Gasteiger partial charge in [0.2, 0.25) is 0 Å². The molecule has 1 heterocycles. The van der Waals surface area contributed by atoms with E-state index >= 15 is 0 Å². The van der Waals surface area contributed by atoms with Gasteiger partial charge in [-0.25, -0.2) is 0 Å². The summed E-state index contributed by atoms with van der Waals surface area (Å²) < 4.78 is 0. The summed E-state index contributed by atoms with van der Waals surface area (Å²) in [5, 5.41) is 0. The van der Waals surface area contributed by atoms with Crippen LogP contribution >= 0.6 is 0 Å². The molecule has 74 valence electrons. The molecule has 1 nitrogen and oxygen atoms in total. The van der Waals surface area contributed by atoms with Gasteiger partial charge in [-0.05, 0) is 38.5 Å². The highest BCUT2D eigenvalue weighted by molar-refractivity contribution is 5.07. The van der Waals surface area contributed by atoms with E-state index in [0.717, 1.165) is 6.04 Å². The molecule has 1 aliphatic heterocycles. The summed E-state index contributed by atoms with van der Waals surface area (Å²) in [6.07, 6.45) is 6.55. The lowest BCUT2D eigenvalue weighted by molar-refractivity contribution is 0.161. The largest absolute Gasteiger partial charge is 0.296 e. The molecule has 2 aliphatic rings. The SMILES string of the molecule is CC1=CCN(C(C)C2(C)CC2)CC1. The highest BCUT2D eigenvalue weighted by Crippen LogP contribution is 2.50. The van der Waals surface area contributed by atoms with Crippen molar-refractivity contribution in [3.8, 4) is 0 Å². The molecule has 0 aromatic rings. The van der Waals surface area contributed by atoms with Crippen molar-refractivity contribution in [2.24, 2.45) is 5.41 Å². The van der Waals surface area contributed by atoms with Gasteiger partial charge < -0.3 is 0 Å². The van der Waals surface area contributed by atoms with E-state index < -0.39 is 0 Å². The normalized spacial score (nSPS) is 29.6. The maximum atomic E-state index is 2.64. The summed E-state index contributed by atoms with van der Waals surface area (Å²) >= 11 is 0. The highest BCUT2D eigenvalue weighted by atomic mass is 15.2. The van der Waals surface area contributed by atoms with Crippen LogP contribution in [0.1, 0.15) is 40.0 Å². The van der Waals surface area contributed by atoms with Crippen LogP contribution in [0.25, 0.3) is 0 Å². The minimum atomic E-state index is 0.652. The third kappa shape index (κ3) is 1.80. The quantitative estimate of drug-likeness (QED) is 0.589. The first-order chi connectivity index (χ1) is 6.12. The Hall–Kier alpha value is -0.300. The summed E-state index contributed by atoms with van der Waals surface area (Å²) in [5.74, 6) is 0. The van der Waals surface area contributed by atoms with Crippen molar-refractivity contribution in [1.82, 2.24) is 4.90 Å². The van der Waals surface area contributed by atoms with Crippen LogP contribution < -0.4 is 0 Å². The van der Waals surface area contributed by atoms with Crippen molar-refractivity contribution < 1.29 is 0 Å². The smallest absolute Gasteiger partial charge is 0.0168 e. The van der Waals surface area contributed by atoms with E-state index in [1.807, 2.05) is 0 Å². The first-order valence-electron chi connectivity index (χ1n) is 5.51. The zero-order chi connectivity index (χ0) is 9.47. The van der Waals surface area contributed by atoms with Gasteiger partial charge >= 0.3 is 0 Å². The van der Waals surface area contributed by atoms with Crippen LogP contribution in [0.2, 0.25) is 0 Å². The fourth-order valence-corrected chi connectivity index (χ4v) is 2.19. The van der Waals surface area contributed by atoms with Gasteiger partial charge in [-0.2, -0.15) is 0 Å². The van der Waals surface area contributed by atoms with Crippen molar-refractivity contribution in [2.75, 3.05) is 13.1 Å². The molecular weight excluding hydrogens is 158 g/mol. The van der Waals surface area contributed by atoms with Crippen LogP contribution in [0, 0.1) is 5.41 Å². The van der Waals surface area contributed by atoms with Crippen LogP contribution in [0.3, 0.4) is 0 Å². The summed E-state index contributed by atoms with van der Waals surface area (Å²) in [6.45, 7) is 9.55. The van der Waals surface area contributed by atoms with Gasteiger partial charge in [-0.3, -0.25) is 4.90 Å². The molecule has 1 fully saturated rings. The predicted molar refractivity (Wildman–Crippen MR) is 56.8 cm³/mol. The Labute approximate surface area is 81.8 Å². The minimum Gasteiger partial charge on any atom is -0.296 e. The Morgan fingerprint density at radius 2 is 2.15 bits per heavy atom. The Kier molecular flexibility index (Phi) is 2.23. The van der Waals surface area contributed by atoms with Gasteiger partial charge in [0.1, 0.15) is 0 Å². The lowest BCUT2D eigenvalue weighted by Crippen LogP contribution is -2.41. The maximum Gasteiger partial charge on any atom is 0.0168 e. The number of rotatable bonds is 2. The molecule has 13 heavy (non-hydrogen) atoms. The second kappa shape index (κ2) is 3.13. The molecule has 0 spiro atoms. The molecule has 1 unspecified atom stereocenters. The van der Waals surface area contributed by atoms with Crippen molar-refractivity contribution in [3.63, 3.8) is 0 Å². The van der Waals surface area contributed by atoms with Crippen molar-refractivity contribution in [3.05, 3.63) is 11.6 Å². The van der Waals surface area contributed by atoms with Crippen LogP contribution in [-0.2, 0) is 0 Å². The van der Waals surface area contributed by atoms with Crippen molar-refractivity contribution >= 4 is 0 Å². The summed E-state index contributed by atoms with van der Waals surface area (Å²) in [6, 6.07) is 0.789. The van der Waals surface area contributed by atoms with E-state index in [1.54, 1.807) is 5.57 Å². The van der Waals surface area contributed by atoms with Crippen molar-refractivity contribution in [1.29, 1.82) is 0 Å². The molecule has 0 bridgehead atoms. The zero-order valence-corrected chi connectivity index (χ0v) is 9.14. The average Bonchev–Trinajstić information content (AvgIpc) is 2.85. The fraction of sp³-hybridized carbons (Fsp3) is 0.833. The second-order valence-corrected chi connectivity index (χ2v) is 5.13. The van der Waals surface area contributed by atoms with Gasteiger partial charge in [0.05, 0.1) is 0 Å². The van der Waals surface area contributed by atoms with Crippen LogP contribution in [0.4, 0.5) is 0 Å². The summed E-state index contributed by atoms with van der Waals surface area (Å²) in [4.78, 5) is 2.64. The Morgan fingerprint density at radius 1 is 1.46 bits per heavy atom. The molecule has 0 aromatic heterocycles. The lowest BCUT2D eigenvalue weighted by atomic mass is 9.97. The number of nitrogens with zero attached hydrogens (tertiary/aromatic N) is 1. The number of hydrogen-bond acceptors (Lipinski definition) is 1. The lowest BCUT2D eigenvalue weighted by Gasteiger charge is -2.35. The van der Waals surface area contributed by atoms with Crippen LogP contribution in [0.5, 0.6) is 0 Å². The molecule has 1 atom stereocenters. The van der Waals surface area contributed by atoms with Crippen LogP contribution in [0.15, 0.2) is 11.6 Å². The summed E-state index contributed by atoms with van der Waals surface area (Å²) in [7, 11) is 0. The topological polar surface area (TPSA) is 3.24 Å². The zero-order valence-electron chi connectivity index (χ0n) is 9.14. The maximum absolute atomic E-state index is 2.64. The Morgan fingerprint density at radius 3 is 2.62 bits per heavy atom. The van der Waals surface area contributed by atoms with E-state index in [2.05, 4.69) is 31.7 Å². The monoisotopic (exact) mass is 179 g/mol. The molecular formula is C12H21N. The van der Waals surface area contributed by atoms with Crippen molar-refractivity contribution in [2.45, 2.75) is 46.1 Å². The van der Waals surface area contributed by atoms with Gasteiger partial charge in [0, 0.05) is 19.1 Å². The molecule has 0 amide bonds. The van der Waals surface area contributed by atoms with E-state index in [4.69, 9.17) is 0 Å². The molecule has 1 saturated carbocycles. The molecule has 0 saturated heterocycles. The average molecular weight is 179 g/mol. The first kappa shape index (κ1) is 9.26. The first-order valence-corrected chi connectivity index (χ1v) is 5.51. The van der Waals surface area contributed by atoms with E-state index in [9.17, 15) is 0 Å². The summed E-state index contributed by atoms with van der Waals surface area (Å²) in [5.41, 5.74) is 2.23. The van der Waals surface area contributed by atoms with E-state index in [0.29, 0.717) is 5.41 Å². The predicted octanol–water partition coefficient (Wildman–Crippen LogP) is 2.83. The molecule has 0 N–H and O–H groups in total. The molecule has 2 rings (SSSR count). The standard InChI is InChI=1S/C12H21N/c1-10-4-8-13(9-5-10)11(2)12(3)6-7-12/h4,11H,5-9H2,1-3H3. The fourth-order valence-electron chi connectivity index (χ4n) is 2.19. The molecule has 1 aliphatic carbocycles. The van der Waals surface area contributed by atoms with E-state index in [1.165, 1.54) is 32.4 Å². The third-order valence-electron chi connectivity index (χ3n) is 4.06. The van der Waals surface area contributed by atoms with E-state index in [-0.39, 0.29) is 0 Å². The Bertz CT molecular complexity index is 225. The molecule has 0 aromatic carbocycles. The van der Waals surface area contributed by atoms with Gasteiger partial charge in [-0.1, -0.05) is 18.6 Å².